The molecule has 0 radical (unpaired) electrons. The maximum atomic E-state index is 14.0. The number of rotatable bonds is 12. The van der Waals surface area contributed by atoms with Crippen LogP contribution in [0.4, 0.5) is 0 Å². The Morgan fingerprint density at radius 3 is 2.26 bits per heavy atom. The maximum absolute atomic E-state index is 14.0. The first-order valence-electron chi connectivity index (χ1n) is 13.1. The zero-order chi connectivity index (χ0) is 27.1. The van der Waals surface area contributed by atoms with Crippen LogP contribution in [-0.2, 0) is 17.0 Å². The molecule has 200 valence electrons. The third-order valence-electron chi connectivity index (χ3n) is 6.76. The molecule has 0 saturated heterocycles. The second-order valence-electron chi connectivity index (χ2n) is 8.99. The summed E-state index contributed by atoms with van der Waals surface area (Å²) >= 11 is 5.38. The van der Waals surface area contributed by atoms with E-state index in [-0.39, 0.29) is 12.2 Å². The van der Waals surface area contributed by atoms with Gasteiger partial charge in [-0.25, -0.2) is 4.79 Å². The molecule has 0 saturated carbocycles. The molecule has 38 heavy (non-hydrogen) atoms. The topological polar surface area (TPSA) is 43.7 Å². The van der Waals surface area contributed by atoms with Crippen LogP contribution in [0.2, 0.25) is 0 Å². The monoisotopic (exact) mass is 594 g/mol. The Labute approximate surface area is 238 Å². The molecule has 0 bridgehead atoms. The first kappa shape index (κ1) is 28.3. The van der Waals surface area contributed by atoms with Gasteiger partial charge >= 0.3 is 5.97 Å². The zero-order valence-electron chi connectivity index (χ0n) is 22.4. The van der Waals surface area contributed by atoms with Crippen molar-refractivity contribution in [3.8, 4) is 5.75 Å². The van der Waals surface area contributed by atoms with E-state index in [1.165, 1.54) is 0 Å². The molecule has 0 N–H and O–H groups in total. The van der Waals surface area contributed by atoms with Crippen molar-refractivity contribution in [1.29, 1.82) is 0 Å². The van der Waals surface area contributed by atoms with Crippen LogP contribution in [0, 0.1) is 0 Å². The number of thioether (sulfide) groups is 1. The van der Waals surface area contributed by atoms with Crippen LogP contribution < -0.4 is 4.74 Å². The number of esters is 1. The summed E-state index contributed by atoms with van der Waals surface area (Å²) in [6.45, 7) is 8.51. The quantitative estimate of drug-likeness (QED) is 0.0944. The van der Waals surface area contributed by atoms with Crippen molar-refractivity contribution < 1.29 is 14.3 Å². The number of benzene rings is 3. The number of halogens is 1. The summed E-state index contributed by atoms with van der Waals surface area (Å²) in [6.07, 6.45) is 0.441. The number of ether oxygens (including phenoxy) is 2. The lowest BCUT2D eigenvalue weighted by Gasteiger charge is -2.28. The highest BCUT2D eigenvalue weighted by molar-refractivity contribution is 9.10. The number of carbonyl (C=O) groups excluding carboxylic acids is 1. The summed E-state index contributed by atoms with van der Waals surface area (Å²) < 4.78 is 14.9. The van der Waals surface area contributed by atoms with Crippen LogP contribution in [0.5, 0.6) is 5.75 Å². The predicted octanol–water partition coefficient (Wildman–Crippen LogP) is 7.99. The molecule has 3 aromatic carbocycles. The molecule has 4 aromatic rings. The molecule has 1 heterocycles. The summed E-state index contributed by atoms with van der Waals surface area (Å²) in [4.78, 5) is 17.3. The molecule has 0 aliphatic heterocycles. The molecule has 0 aliphatic rings. The van der Waals surface area contributed by atoms with E-state index in [1.54, 1.807) is 18.9 Å². The Bertz CT molecular complexity index is 1350. The van der Waals surface area contributed by atoms with Crippen molar-refractivity contribution in [2.45, 2.75) is 50.6 Å². The highest BCUT2D eigenvalue weighted by Crippen LogP contribution is 2.38. The summed E-state index contributed by atoms with van der Waals surface area (Å²) in [6, 6.07) is 24.6. The highest BCUT2D eigenvalue weighted by Gasteiger charge is 2.28. The number of aromatic nitrogens is 1. The van der Waals surface area contributed by atoms with Gasteiger partial charge in [0.1, 0.15) is 5.75 Å². The van der Waals surface area contributed by atoms with Gasteiger partial charge < -0.3 is 14.0 Å². The fourth-order valence-electron chi connectivity index (χ4n) is 4.78. The first-order chi connectivity index (χ1) is 18.5. The average Bonchev–Trinajstić information content (AvgIpc) is 3.24. The third-order valence-corrected chi connectivity index (χ3v) is 8.41. The van der Waals surface area contributed by atoms with Gasteiger partial charge in [-0.05, 0) is 65.3 Å². The Balaban J connectivity index is 1.88. The van der Waals surface area contributed by atoms with Crippen LogP contribution in [0.3, 0.4) is 0 Å². The van der Waals surface area contributed by atoms with Gasteiger partial charge in [0.05, 0.1) is 22.7 Å². The van der Waals surface area contributed by atoms with E-state index >= 15 is 0 Å². The predicted molar refractivity (Wildman–Crippen MR) is 160 cm³/mol. The minimum atomic E-state index is -0.298. The Kier molecular flexibility index (Phi) is 9.94. The van der Waals surface area contributed by atoms with Crippen molar-refractivity contribution in [2.75, 3.05) is 20.2 Å². The van der Waals surface area contributed by atoms with E-state index in [0.717, 1.165) is 51.0 Å². The van der Waals surface area contributed by atoms with E-state index in [9.17, 15) is 4.79 Å². The van der Waals surface area contributed by atoms with E-state index in [4.69, 9.17) is 9.47 Å². The number of nitrogens with zero attached hydrogens (tertiary/aromatic N) is 2. The smallest absolute Gasteiger partial charge is 0.342 e. The van der Waals surface area contributed by atoms with E-state index in [0.29, 0.717) is 23.6 Å². The van der Waals surface area contributed by atoms with Gasteiger partial charge in [-0.1, -0.05) is 69.3 Å². The van der Waals surface area contributed by atoms with Crippen LogP contribution in [-0.4, -0.2) is 41.9 Å². The molecule has 4 rings (SSSR count). The number of hydrogen-bond donors (Lipinski definition) is 0. The zero-order valence-corrected chi connectivity index (χ0v) is 24.8. The molecule has 0 spiro atoms. The standard InChI is InChI=1S/C31H35BrN2O3S/c1-5-29(33(6-2)7-3)37-31(35)30-24-18-28(36-4)25(32)19-26(24)34(20-22-14-10-8-11-15-22)27(30)21-38-23-16-12-9-13-17-23/h8-19,29H,5-7,20-21H2,1-4H3. The molecule has 7 heteroatoms. The number of fused-ring (bicyclic) bond motifs is 1. The van der Waals surface area contributed by atoms with Gasteiger partial charge in [-0.3, -0.25) is 4.90 Å². The summed E-state index contributed by atoms with van der Waals surface area (Å²) in [5.74, 6) is 1.01. The van der Waals surface area contributed by atoms with Gasteiger partial charge in [0.2, 0.25) is 0 Å². The van der Waals surface area contributed by atoms with E-state index in [2.05, 4.69) is 70.4 Å². The fourth-order valence-corrected chi connectivity index (χ4v) is 6.23. The van der Waals surface area contributed by atoms with Crippen molar-refractivity contribution in [1.82, 2.24) is 9.47 Å². The van der Waals surface area contributed by atoms with Gasteiger partial charge in [0.15, 0.2) is 6.23 Å². The second-order valence-corrected chi connectivity index (χ2v) is 10.9. The van der Waals surface area contributed by atoms with Crippen LogP contribution in [0.1, 0.15) is 48.8 Å². The number of hydrogen-bond acceptors (Lipinski definition) is 5. The minimum absolute atomic E-state index is 0.281. The van der Waals surface area contributed by atoms with Gasteiger partial charge in [0, 0.05) is 28.3 Å². The molecule has 1 aromatic heterocycles. The summed E-state index contributed by atoms with van der Waals surface area (Å²) in [5.41, 5.74) is 3.68. The molecule has 0 amide bonds. The van der Waals surface area contributed by atoms with Crippen molar-refractivity contribution in [3.63, 3.8) is 0 Å². The van der Waals surface area contributed by atoms with Crippen LogP contribution in [0.15, 0.2) is 82.2 Å². The molecule has 1 atom stereocenters. The maximum Gasteiger partial charge on any atom is 0.342 e. The lowest BCUT2D eigenvalue weighted by Crippen LogP contribution is -2.38. The van der Waals surface area contributed by atoms with Gasteiger partial charge in [-0.2, -0.15) is 0 Å². The molecule has 0 fully saturated rings. The van der Waals surface area contributed by atoms with E-state index < -0.39 is 0 Å². The second kappa shape index (κ2) is 13.4. The third kappa shape index (κ3) is 6.28. The largest absolute Gasteiger partial charge is 0.496 e. The first-order valence-corrected chi connectivity index (χ1v) is 14.8. The molecular formula is C31H35BrN2O3S. The van der Waals surface area contributed by atoms with Crippen LogP contribution in [0.25, 0.3) is 10.9 Å². The highest BCUT2D eigenvalue weighted by atomic mass is 79.9. The molecule has 0 aliphatic carbocycles. The minimum Gasteiger partial charge on any atom is -0.496 e. The lowest BCUT2D eigenvalue weighted by atomic mass is 10.1. The average molecular weight is 596 g/mol. The lowest BCUT2D eigenvalue weighted by molar-refractivity contribution is -0.0305. The number of carbonyl (C=O) groups is 1. The molecular weight excluding hydrogens is 560 g/mol. The Hall–Kier alpha value is -2.74. The number of methoxy groups -OCH3 is 1. The summed E-state index contributed by atoms with van der Waals surface area (Å²) in [7, 11) is 1.64. The van der Waals surface area contributed by atoms with Crippen LogP contribution >= 0.6 is 27.7 Å². The normalized spacial score (nSPS) is 12.2. The Morgan fingerprint density at radius 2 is 1.66 bits per heavy atom. The SMILES string of the molecule is CCC(OC(=O)c1c(CSc2ccccc2)n(Cc2ccccc2)c2cc(Br)c(OC)cc12)N(CC)CC. The van der Waals surface area contributed by atoms with Crippen molar-refractivity contribution in [3.05, 3.63) is 94.1 Å². The van der Waals surface area contributed by atoms with Crippen molar-refractivity contribution in [2.24, 2.45) is 0 Å². The fraction of sp³-hybridized carbons (Fsp3) is 0.323. The van der Waals surface area contributed by atoms with Gasteiger partial charge in [0.25, 0.3) is 0 Å². The van der Waals surface area contributed by atoms with Crippen molar-refractivity contribution >= 4 is 44.6 Å². The molecule has 1 unspecified atom stereocenters. The summed E-state index contributed by atoms with van der Waals surface area (Å²) in [5, 5.41) is 0.837. The Morgan fingerprint density at radius 1 is 1.00 bits per heavy atom. The molecule has 5 nitrogen and oxygen atoms in total. The van der Waals surface area contributed by atoms with Gasteiger partial charge in [-0.15, -0.1) is 11.8 Å². The van der Waals surface area contributed by atoms with E-state index in [1.807, 2.05) is 48.5 Å².